The van der Waals surface area contributed by atoms with Crippen LogP contribution in [0, 0.1) is 5.82 Å². The van der Waals surface area contributed by atoms with Gasteiger partial charge in [-0.15, -0.1) is 0 Å². The highest BCUT2D eigenvalue weighted by Crippen LogP contribution is 2.33. The maximum Gasteiger partial charge on any atom is 0.255 e. The molecule has 2 aliphatic carbocycles. The Kier molecular flexibility index (Phi) is 5.17. The summed E-state index contributed by atoms with van der Waals surface area (Å²) >= 11 is 0. The number of carbonyl (C=O) groups is 1. The Labute approximate surface area is 196 Å². The molecule has 2 heterocycles. The molecule has 2 fully saturated rings. The van der Waals surface area contributed by atoms with Gasteiger partial charge in [-0.05, 0) is 73.2 Å². The van der Waals surface area contributed by atoms with Crippen molar-refractivity contribution in [2.75, 3.05) is 5.32 Å². The van der Waals surface area contributed by atoms with Crippen molar-refractivity contribution in [3.8, 4) is 11.1 Å². The number of fused-ring (bicyclic) bond motifs is 1. The van der Waals surface area contributed by atoms with Gasteiger partial charge in [0.2, 0.25) is 0 Å². The van der Waals surface area contributed by atoms with Gasteiger partial charge in [-0.25, -0.2) is 14.4 Å². The van der Waals surface area contributed by atoms with Gasteiger partial charge in [0.15, 0.2) is 0 Å². The molecule has 2 aromatic carbocycles. The number of rotatable bonds is 7. The molecule has 0 saturated heterocycles. The summed E-state index contributed by atoms with van der Waals surface area (Å²) in [6, 6.07) is 15.2. The van der Waals surface area contributed by atoms with E-state index in [1.165, 1.54) is 6.07 Å². The molecular weight excluding hydrogens is 429 g/mol. The van der Waals surface area contributed by atoms with Gasteiger partial charge in [0.05, 0.1) is 11.1 Å². The summed E-state index contributed by atoms with van der Waals surface area (Å²) in [5.41, 5.74) is 3.74. The molecule has 1 amide bonds. The fraction of sp³-hybridized carbons (Fsp3) is 0.259. The van der Waals surface area contributed by atoms with Crippen molar-refractivity contribution >= 4 is 22.6 Å². The van der Waals surface area contributed by atoms with Gasteiger partial charge in [0.25, 0.3) is 5.91 Å². The predicted molar refractivity (Wildman–Crippen MR) is 129 cm³/mol. The highest BCUT2D eigenvalue weighted by molar-refractivity contribution is 5.94. The summed E-state index contributed by atoms with van der Waals surface area (Å²) in [5, 5.41) is 4.42. The van der Waals surface area contributed by atoms with Gasteiger partial charge in [-0.3, -0.25) is 9.78 Å². The van der Waals surface area contributed by atoms with E-state index in [1.807, 2.05) is 18.2 Å². The number of aromatic nitrogens is 3. The third kappa shape index (κ3) is 4.21. The van der Waals surface area contributed by atoms with E-state index in [1.54, 1.807) is 41.8 Å². The Balaban J connectivity index is 1.32. The summed E-state index contributed by atoms with van der Waals surface area (Å²) in [7, 11) is 0. The van der Waals surface area contributed by atoms with Crippen molar-refractivity contribution < 1.29 is 9.18 Å². The molecule has 0 spiro atoms. The van der Waals surface area contributed by atoms with Crippen molar-refractivity contribution in [2.24, 2.45) is 0 Å². The van der Waals surface area contributed by atoms with E-state index in [2.05, 4.69) is 26.3 Å². The largest absolute Gasteiger partial charge is 0.367 e. The Bertz CT molecular complexity index is 1370. The zero-order valence-electron chi connectivity index (χ0n) is 18.6. The zero-order chi connectivity index (χ0) is 23.1. The number of halogens is 1. The molecule has 34 heavy (non-hydrogen) atoms. The van der Waals surface area contributed by atoms with Gasteiger partial charge >= 0.3 is 0 Å². The first-order valence-corrected chi connectivity index (χ1v) is 11.7. The number of nitrogens with zero attached hydrogens (tertiary/aromatic N) is 4. The molecule has 0 radical (unpaired) electrons. The number of anilines is 1. The minimum Gasteiger partial charge on any atom is -0.367 e. The maximum atomic E-state index is 14.9. The van der Waals surface area contributed by atoms with Gasteiger partial charge in [0.1, 0.15) is 18.0 Å². The minimum atomic E-state index is -0.311. The van der Waals surface area contributed by atoms with Crippen LogP contribution >= 0.6 is 0 Å². The number of pyridine rings is 1. The molecule has 1 N–H and O–H groups in total. The molecule has 2 aliphatic rings. The lowest BCUT2D eigenvalue weighted by atomic mass is 10.0. The van der Waals surface area contributed by atoms with Gasteiger partial charge < -0.3 is 10.2 Å². The second-order valence-electron chi connectivity index (χ2n) is 9.08. The lowest BCUT2D eigenvalue weighted by molar-refractivity contribution is 0.0728. The van der Waals surface area contributed by atoms with Crippen LogP contribution in [0.2, 0.25) is 0 Å². The molecule has 0 aliphatic heterocycles. The van der Waals surface area contributed by atoms with Crippen molar-refractivity contribution in [1.29, 1.82) is 0 Å². The van der Waals surface area contributed by atoms with E-state index >= 15 is 0 Å². The second-order valence-corrected chi connectivity index (χ2v) is 9.08. The molecule has 6 nitrogen and oxygen atoms in total. The summed E-state index contributed by atoms with van der Waals surface area (Å²) in [4.78, 5) is 27.8. The fourth-order valence-corrected chi connectivity index (χ4v) is 4.24. The van der Waals surface area contributed by atoms with E-state index in [0.29, 0.717) is 17.2 Å². The summed E-state index contributed by atoms with van der Waals surface area (Å²) < 4.78 is 14.9. The highest BCUT2D eigenvalue weighted by atomic mass is 19.1. The molecule has 7 heteroatoms. The van der Waals surface area contributed by atoms with E-state index in [-0.39, 0.29) is 24.3 Å². The van der Waals surface area contributed by atoms with Crippen LogP contribution in [0.5, 0.6) is 0 Å². The quantitative estimate of drug-likeness (QED) is 0.416. The molecule has 2 aromatic heterocycles. The molecule has 4 aromatic rings. The van der Waals surface area contributed by atoms with Crippen molar-refractivity contribution in [2.45, 2.75) is 44.3 Å². The highest BCUT2D eigenvalue weighted by Gasteiger charge is 2.33. The maximum absolute atomic E-state index is 14.9. The van der Waals surface area contributed by atoms with Gasteiger partial charge in [0, 0.05) is 42.0 Å². The number of nitrogens with one attached hydrogen (secondary N) is 1. The first-order valence-electron chi connectivity index (χ1n) is 11.7. The Hall–Kier alpha value is -3.87. The first-order chi connectivity index (χ1) is 16.7. The van der Waals surface area contributed by atoms with Crippen molar-refractivity contribution in [3.63, 3.8) is 0 Å². The predicted octanol–water partition coefficient (Wildman–Crippen LogP) is 5.21. The lowest BCUT2D eigenvalue weighted by Crippen LogP contribution is -2.33. The molecule has 0 atom stereocenters. The summed E-state index contributed by atoms with van der Waals surface area (Å²) in [6.45, 7) is 0.225. The fourth-order valence-electron chi connectivity index (χ4n) is 4.24. The van der Waals surface area contributed by atoms with Crippen LogP contribution in [0.25, 0.3) is 22.0 Å². The monoisotopic (exact) mass is 453 g/mol. The minimum absolute atomic E-state index is 0.112. The molecule has 2 saturated carbocycles. The summed E-state index contributed by atoms with van der Waals surface area (Å²) in [5.74, 6) is 0.409. The number of benzene rings is 2. The Morgan fingerprint density at radius 1 is 1.03 bits per heavy atom. The average Bonchev–Trinajstić information content (AvgIpc) is 3.79. The number of carbonyl (C=O) groups excluding carboxylic acids is 1. The lowest BCUT2D eigenvalue weighted by Gasteiger charge is -2.23. The third-order valence-electron chi connectivity index (χ3n) is 6.43. The Morgan fingerprint density at radius 3 is 2.62 bits per heavy atom. The van der Waals surface area contributed by atoms with Crippen molar-refractivity contribution in [3.05, 3.63) is 84.2 Å². The van der Waals surface area contributed by atoms with Crippen LogP contribution in [0.3, 0.4) is 0 Å². The molecule has 0 unspecified atom stereocenters. The molecular formula is C27H24FN5O. The van der Waals surface area contributed by atoms with Crippen LogP contribution < -0.4 is 5.32 Å². The Morgan fingerprint density at radius 2 is 1.85 bits per heavy atom. The van der Waals surface area contributed by atoms with Gasteiger partial charge in [-0.1, -0.05) is 12.1 Å². The van der Waals surface area contributed by atoms with Crippen LogP contribution in [-0.4, -0.2) is 37.8 Å². The number of amides is 1. The number of hydrogen-bond donors (Lipinski definition) is 1. The van der Waals surface area contributed by atoms with Crippen LogP contribution in [0.4, 0.5) is 10.2 Å². The van der Waals surface area contributed by atoms with Crippen LogP contribution in [-0.2, 0) is 6.54 Å². The van der Waals surface area contributed by atoms with Crippen LogP contribution in [0.15, 0.2) is 67.3 Å². The van der Waals surface area contributed by atoms with Crippen molar-refractivity contribution in [1.82, 2.24) is 19.9 Å². The topological polar surface area (TPSA) is 71.0 Å². The molecule has 6 rings (SSSR count). The molecule has 0 bridgehead atoms. The standard InChI is InChI=1S/C27H24FN5O/c28-24-9-3-17(18-4-10-25-23(13-18)26(31-16-30-25)32-21-5-6-21)12-20(24)15-33(22-7-8-22)27(34)19-2-1-11-29-14-19/h1-4,9-14,16,21-22H,5-8,15H2,(H,30,31,32). The molecule has 170 valence electrons. The average molecular weight is 454 g/mol. The first kappa shape index (κ1) is 20.7. The second kappa shape index (κ2) is 8.48. The van der Waals surface area contributed by atoms with Crippen LogP contribution in [0.1, 0.15) is 41.6 Å². The van der Waals surface area contributed by atoms with E-state index in [0.717, 1.165) is 53.5 Å². The zero-order valence-corrected chi connectivity index (χ0v) is 18.6. The number of hydrogen-bond acceptors (Lipinski definition) is 5. The summed E-state index contributed by atoms with van der Waals surface area (Å²) in [6.07, 6.45) is 8.97. The van der Waals surface area contributed by atoms with E-state index < -0.39 is 0 Å². The van der Waals surface area contributed by atoms with E-state index in [9.17, 15) is 9.18 Å². The third-order valence-corrected chi connectivity index (χ3v) is 6.43. The van der Waals surface area contributed by atoms with Gasteiger partial charge in [-0.2, -0.15) is 0 Å². The SMILES string of the molecule is O=C(c1cccnc1)N(Cc1cc(-c2ccc3ncnc(NC4CC4)c3c2)ccc1F)C1CC1. The smallest absolute Gasteiger partial charge is 0.255 e. The normalized spacial score (nSPS) is 15.3. The van der Waals surface area contributed by atoms with E-state index in [4.69, 9.17) is 0 Å².